The summed E-state index contributed by atoms with van der Waals surface area (Å²) < 4.78 is 6.96. The summed E-state index contributed by atoms with van der Waals surface area (Å²) in [6, 6.07) is 17.4. The van der Waals surface area contributed by atoms with Crippen LogP contribution in [0.4, 0.5) is 0 Å². The first-order valence-corrected chi connectivity index (χ1v) is 8.65. The third-order valence-electron chi connectivity index (χ3n) is 2.59. The number of carbonyl (C=O) groups is 1. The van der Waals surface area contributed by atoms with Crippen molar-refractivity contribution in [3.63, 3.8) is 0 Å². The molecule has 2 aromatic rings. The number of benzene rings is 2. The van der Waals surface area contributed by atoms with Gasteiger partial charge in [-0.15, -0.1) is 0 Å². The molecule has 0 heterocycles. The minimum absolute atomic E-state index is 0.101. The van der Waals surface area contributed by atoms with E-state index in [0.717, 1.165) is 10.0 Å². The van der Waals surface area contributed by atoms with Gasteiger partial charge in [0.05, 0.1) is 0 Å². The molecule has 0 aliphatic carbocycles. The number of rotatable bonds is 5. The van der Waals surface area contributed by atoms with Crippen molar-refractivity contribution in [1.29, 1.82) is 0 Å². The first kappa shape index (κ1) is 15.8. The third-order valence-corrected chi connectivity index (χ3v) is 4.95. The van der Waals surface area contributed by atoms with E-state index >= 15 is 0 Å². The average molecular weight is 366 g/mol. The van der Waals surface area contributed by atoms with Gasteiger partial charge < -0.3 is 0 Å². The molecular formula is C17H15ClO2Se. The Hall–Kier alpha value is -1.54. The molecular weight excluding hydrogens is 351 g/mol. The fourth-order valence-electron chi connectivity index (χ4n) is 1.70. The molecule has 0 atom stereocenters. The van der Waals surface area contributed by atoms with Crippen LogP contribution in [-0.4, -0.2) is 27.5 Å². The number of ether oxygens (including phenoxy) is 1. The molecule has 21 heavy (non-hydrogen) atoms. The van der Waals surface area contributed by atoms with Crippen LogP contribution < -0.4 is 4.46 Å². The summed E-state index contributed by atoms with van der Waals surface area (Å²) in [7, 11) is 0. The van der Waals surface area contributed by atoms with Crippen LogP contribution in [0.2, 0.25) is 5.02 Å². The predicted octanol–water partition coefficient (Wildman–Crippen LogP) is 3.27. The molecule has 0 radical (unpaired) electrons. The molecule has 0 N–H and O–H groups in total. The molecule has 2 rings (SSSR count). The van der Waals surface area contributed by atoms with Gasteiger partial charge in [-0.05, 0) is 0 Å². The van der Waals surface area contributed by atoms with Crippen LogP contribution in [-0.2, 0) is 9.53 Å². The molecule has 0 spiro atoms. The van der Waals surface area contributed by atoms with E-state index in [1.54, 1.807) is 0 Å². The molecule has 0 saturated carbocycles. The van der Waals surface area contributed by atoms with Gasteiger partial charge in [-0.1, -0.05) is 0 Å². The van der Waals surface area contributed by atoms with Crippen molar-refractivity contribution >= 4 is 43.1 Å². The zero-order valence-corrected chi connectivity index (χ0v) is 14.1. The summed E-state index contributed by atoms with van der Waals surface area (Å²) in [6.07, 6.45) is 1.86. The first-order chi connectivity index (χ1) is 10.2. The number of hydrogen-bond acceptors (Lipinski definition) is 2. The zero-order chi connectivity index (χ0) is 15.1. The van der Waals surface area contributed by atoms with Gasteiger partial charge in [-0.3, -0.25) is 0 Å². The zero-order valence-electron chi connectivity index (χ0n) is 11.6. The molecule has 0 fully saturated rings. The van der Waals surface area contributed by atoms with Crippen LogP contribution in [0.15, 0.2) is 59.1 Å². The molecule has 4 heteroatoms. The second-order valence-electron chi connectivity index (χ2n) is 4.20. The second kappa shape index (κ2) is 8.04. The van der Waals surface area contributed by atoms with Crippen molar-refractivity contribution in [3.05, 3.63) is 69.7 Å². The molecule has 2 aromatic carbocycles. The molecule has 0 saturated heterocycles. The van der Waals surface area contributed by atoms with Crippen molar-refractivity contribution in [2.45, 2.75) is 6.92 Å². The predicted molar refractivity (Wildman–Crippen MR) is 87.9 cm³/mol. The quantitative estimate of drug-likeness (QED) is 0.462. The Morgan fingerprint density at radius 3 is 2.62 bits per heavy atom. The van der Waals surface area contributed by atoms with Crippen molar-refractivity contribution in [2.75, 3.05) is 6.61 Å². The van der Waals surface area contributed by atoms with Gasteiger partial charge >= 0.3 is 136 Å². The summed E-state index contributed by atoms with van der Waals surface area (Å²) in [5.74, 6) is -0.263. The summed E-state index contributed by atoms with van der Waals surface area (Å²) in [4.78, 5) is 12.1. The number of halogens is 1. The van der Waals surface area contributed by atoms with Gasteiger partial charge in [0.15, 0.2) is 0 Å². The van der Waals surface area contributed by atoms with E-state index in [-0.39, 0.29) is 20.9 Å². The van der Waals surface area contributed by atoms with Crippen LogP contribution in [0.25, 0.3) is 6.08 Å². The topological polar surface area (TPSA) is 26.3 Å². The Kier molecular flexibility index (Phi) is 6.06. The molecule has 2 nitrogen and oxygen atoms in total. The van der Waals surface area contributed by atoms with Gasteiger partial charge in [-0.2, -0.15) is 0 Å². The third kappa shape index (κ3) is 5.05. The Morgan fingerprint density at radius 2 is 1.95 bits per heavy atom. The Bertz CT molecular complexity index is 638. The summed E-state index contributed by atoms with van der Waals surface area (Å²) in [5.41, 5.74) is 0.906. The van der Waals surface area contributed by atoms with Crippen molar-refractivity contribution in [1.82, 2.24) is 0 Å². The average Bonchev–Trinajstić information content (AvgIpc) is 2.48. The van der Waals surface area contributed by atoms with E-state index in [2.05, 4.69) is 0 Å². The fraction of sp³-hybridized carbons (Fsp3) is 0.118. The number of carbonyl (C=O) groups excluding carboxylic acids is 1. The van der Waals surface area contributed by atoms with Gasteiger partial charge in [0, 0.05) is 0 Å². The summed E-state index contributed by atoms with van der Waals surface area (Å²) in [5, 5.41) is 0.652. The van der Waals surface area contributed by atoms with E-state index in [9.17, 15) is 4.79 Å². The SMILES string of the molecule is CCOC(=O)/C(=C\c1cccc(Cl)c1)[Se]c1ccccc1. The standard InChI is InChI=1S/C17H15ClO2Se/c1-2-20-17(19)16(21-15-9-4-3-5-10-15)12-13-7-6-8-14(18)11-13/h3-12H,2H2,1H3/b16-12+. The van der Waals surface area contributed by atoms with E-state index in [4.69, 9.17) is 16.3 Å². The molecule has 0 aromatic heterocycles. The summed E-state index contributed by atoms with van der Waals surface area (Å²) >= 11 is 5.89. The van der Waals surface area contributed by atoms with E-state index in [1.807, 2.05) is 67.6 Å². The first-order valence-electron chi connectivity index (χ1n) is 6.56. The van der Waals surface area contributed by atoms with Gasteiger partial charge in [-0.25, -0.2) is 0 Å². The monoisotopic (exact) mass is 366 g/mol. The fourth-order valence-corrected chi connectivity index (χ4v) is 3.75. The second-order valence-corrected chi connectivity index (χ2v) is 6.98. The maximum atomic E-state index is 12.1. The van der Waals surface area contributed by atoms with Gasteiger partial charge in [0.1, 0.15) is 0 Å². The Labute approximate surface area is 135 Å². The minimum atomic E-state index is -0.263. The van der Waals surface area contributed by atoms with E-state index in [0.29, 0.717) is 16.1 Å². The number of esters is 1. The molecule has 108 valence electrons. The van der Waals surface area contributed by atoms with Crippen LogP contribution in [0.1, 0.15) is 12.5 Å². The van der Waals surface area contributed by atoms with Crippen LogP contribution in [0, 0.1) is 0 Å². The molecule has 0 bridgehead atoms. The van der Waals surface area contributed by atoms with Crippen LogP contribution in [0.3, 0.4) is 0 Å². The van der Waals surface area contributed by atoms with Crippen LogP contribution >= 0.6 is 11.6 Å². The molecule has 0 amide bonds. The van der Waals surface area contributed by atoms with Crippen molar-refractivity contribution in [3.8, 4) is 0 Å². The molecule has 0 unspecified atom stereocenters. The Balaban J connectivity index is 2.29. The van der Waals surface area contributed by atoms with Gasteiger partial charge in [0.25, 0.3) is 0 Å². The maximum absolute atomic E-state index is 12.1. The summed E-state index contributed by atoms with van der Waals surface area (Å²) in [6.45, 7) is 2.18. The van der Waals surface area contributed by atoms with Crippen LogP contribution in [0.5, 0.6) is 0 Å². The number of hydrogen-bond donors (Lipinski definition) is 0. The van der Waals surface area contributed by atoms with Gasteiger partial charge in [0.2, 0.25) is 0 Å². The molecule has 0 aliphatic rings. The van der Waals surface area contributed by atoms with E-state index in [1.165, 1.54) is 0 Å². The van der Waals surface area contributed by atoms with Crippen molar-refractivity contribution < 1.29 is 9.53 Å². The molecule has 0 aliphatic heterocycles. The Morgan fingerprint density at radius 1 is 1.19 bits per heavy atom. The van der Waals surface area contributed by atoms with Crippen molar-refractivity contribution in [2.24, 2.45) is 0 Å². The normalized spacial score (nSPS) is 11.2. The van der Waals surface area contributed by atoms with E-state index < -0.39 is 0 Å².